The van der Waals surface area contributed by atoms with Crippen LogP contribution in [0.1, 0.15) is 41.6 Å². The van der Waals surface area contributed by atoms with E-state index < -0.39 is 5.97 Å². The highest BCUT2D eigenvalue weighted by Crippen LogP contribution is 2.43. The zero-order chi connectivity index (χ0) is 15.3. The molecule has 1 saturated heterocycles. The maximum Gasteiger partial charge on any atom is 0.339 e. The standard InChI is InChI=1S/C15H17NO5/c1-7-3-11-12(4-7)14(18)16(13(11)17)6-9-5-10(15(19)20)8(2)21-9/h5,7,11-12H,3-4,6H2,1-2H3,(H,19,20). The number of imide groups is 1. The Labute approximate surface area is 121 Å². The topological polar surface area (TPSA) is 87.8 Å². The number of furan rings is 1. The number of aryl methyl sites for hydroxylation is 1. The molecule has 0 aromatic carbocycles. The Kier molecular flexibility index (Phi) is 3.11. The van der Waals surface area contributed by atoms with Gasteiger partial charge in [0.15, 0.2) is 0 Å². The molecule has 2 aliphatic rings. The van der Waals surface area contributed by atoms with Crippen molar-refractivity contribution in [3.05, 3.63) is 23.2 Å². The highest BCUT2D eigenvalue weighted by atomic mass is 16.4. The van der Waals surface area contributed by atoms with Gasteiger partial charge in [-0.05, 0) is 31.7 Å². The average Bonchev–Trinajstić information content (AvgIpc) is 3.02. The molecule has 2 fully saturated rings. The molecule has 2 amide bonds. The number of amides is 2. The summed E-state index contributed by atoms with van der Waals surface area (Å²) in [6, 6.07) is 1.38. The number of carboxylic acids is 1. The van der Waals surface area contributed by atoms with E-state index in [9.17, 15) is 14.4 Å². The van der Waals surface area contributed by atoms with Crippen LogP contribution in [0, 0.1) is 24.7 Å². The van der Waals surface area contributed by atoms with Gasteiger partial charge in [-0.25, -0.2) is 4.79 Å². The molecule has 6 heteroatoms. The second kappa shape index (κ2) is 4.72. The highest BCUT2D eigenvalue weighted by molar-refractivity contribution is 6.05. The minimum Gasteiger partial charge on any atom is -0.478 e. The Morgan fingerprint density at radius 1 is 1.33 bits per heavy atom. The van der Waals surface area contributed by atoms with Gasteiger partial charge >= 0.3 is 5.97 Å². The van der Waals surface area contributed by atoms with Crippen LogP contribution in [-0.4, -0.2) is 27.8 Å². The minimum atomic E-state index is -1.08. The monoisotopic (exact) mass is 291 g/mol. The van der Waals surface area contributed by atoms with E-state index in [1.54, 1.807) is 6.92 Å². The van der Waals surface area contributed by atoms with E-state index in [1.807, 2.05) is 0 Å². The summed E-state index contributed by atoms with van der Waals surface area (Å²) in [5, 5.41) is 9.00. The van der Waals surface area contributed by atoms with Crippen molar-refractivity contribution in [2.45, 2.75) is 33.2 Å². The van der Waals surface area contributed by atoms with Gasteiger partial charge in [0.1, 0.15) is 17.1 Å². The van der Waals surface area contributed by atoms with Gasteiger partial charge in [-0.15, -0.1) is 0 Å². The second-order valence-corrected chi connectivity index (χ2v) is 6.04. The number of carboxylic acid groups (broad SMARTS) is 1. The molecule has 3 rings (SSSR count). The van der Waals surface area contributed by atoms with Crippen molar-refractivity contribution in [2.24, 2.45) is 17.8 Å². The molecule has 2 atom stereocenters. The summed E-state index contributed by atoms with van der Waals surface area (Å²) in [6.07, 6.45) is 1.51. The number of likely N-dealkylation sites (tertiary alicyclic amines) is 1. The van der Waals surface area contributed by atoms with Crippen LogP contribution in [0.4, 0.5) is 0 Å². The molecule has 1 aliphatic carbocycles. The third-order valence-electron chi connectivity index (χ3n) is 4.48. The van der Waals surface area contributed by atoms with E-state index in [0.717, 1.165) is 12.8 Å². The van der Waals surface area contributed by atoms with E-state index in [2.05, 4.69) is 6.92 Å². The Hall–Kier alpha value is -2.11. The van der Waals surface area contributed by atoms with Gasteiger partial charge < -0.3 is 9.52 Å². The number of carbonyl (C=O) groups excluding carboxylic acids is 2. The molecule has 6 nitrogen and oxygen atoms in total. The summed E-state index contributed by atoms with van der Waals surface area (Å²) in [6.45, 7) is 3.63. The Morgan fingerprint density at radius 2 is 1.90 bits per heavy atom. The number of carbonyl (C=O) groups is 3. The van der Waals surface area contributed by atoms with Gasteiger partial charge in [0, 0.05) is 0 Å². The summed E-state index contributed by atoms with van der Waals surface area (Å²) in [4.78, 5) is 36.8. The maximum atomic E-state index is 12.3. The largest absolute Gasteiger partial charge is 0.478 e. The fourth-order valence-electron chi connectivity index (χ4n) is 3.49. The van der Waals surface area contributed by atoms with E-state index >= 15 is 0 Å². The first-order valence-corrected chi connectivity index (χ1v) is 7.06. The van der Waals surface area contributed by atoms with Crippen LogP contribution in [0.25, 0.3) is 0 Å². The number of aromatic carboxylic acids is 1. The predicted molar refractivity (Wildman–Crippen MR) is 71.3 cm³/mol. The molecule has 0 radical (unpaired) electrons. The van der Waals surface area contributed by atoms with Gasteiger partial charge in [0.2, 0.25) is 11.8 Å². The fourth-order valence-corrected chi connectivity index (χ4v) is 3.49. The van der Waals surface area contributed by atoms with Gasteiger partial charge in [-0.1, -0.05) is 6.92 Å². The van der Waals surface area contributed by atoms with E-state index in [-0.39, 0.29) is 41.5 Å². The zero-order valence-electron chi connectivity index (χ0n) is 12.0. The molecule has 2 unspecified atom stereocenters. The number of nitrogens with zero attached hydrogens (tertiary/aromatic N) is 1. The number of fused-ring (bicyclic) bond motifs is 1. The van der Waals surface area contributed by atoms with Crippen molar-refractivity contribution in [1.82, 2.24) is 4.90 Å². The lowest BCUT2D eigenvalue weighted by Gasteiger charge is -2.15. The molecule has 0 bridgehead atoms. The summed E-state index contributed by atoms with van der Waals surface area (Å²) < 4.78 is 5.35. The Balaban J connectivity index is 1.80. The SMILES string of the molecule is Cc1oc(CN2C(=O)C3CC(C)CC3C2=O)cc1C(=O)O. The van der Waals surface area contributed by atoms with Crippen molar-refractivity contribution in [3.63, 3.8) is 0 Å². The molecule has 1 aromatic heterocycles. The third-order valence-corrected chi connectivity index (χ3v) is 4.48. The van der Waals surface area contributed by atoms with Crippen molar-refractivity contribution >= 4 is 17.8 Å². The van der Waals surface area contributed by atoms with Gasteiger partial charge in [0.25, 0.3) is 0 Å². The molecular formula is C15H17NO5. The first kappa shape index (κ1) is 13.9. The molecule has 1 aliphatic heterocycles. The average molecular weight is 291 g/mol. The normalized spacial score (nSPS) is 28.3. The maximum absolute atomic E-state index is 12.3. The molecule has 112 valence electrons. The minimum absolute atomic E-state index is 0.0210. The van der Waals surface area contributed by atoms with Crippen molar-refractivity contribution in [2.75, 3.05) is 0 Å². The van der Waals surface area contributed by atoms with Crippen molar-refractivity contribution in [3.8, 4) is 0 Å². The fraction of sp³-hybridized carbons (Fsp3) is 0.533. The molecule has 0 spiro atoms. The van der Waals surface area contributed by atoms with Crippen molar-refractivity contribution < 1.29 is 23.9 Å². The predicted octanol–water partition coefficient (Wildman–Crippen LogP) is 1.82. The highest BCUT2D eigenvalue weighted by Gasteiger charge is 2.51. The van der Waals surface area contributed by atoms with Crippen LogP contribution in [0.3, 0.4) is 0 Å². The molecular weight excluding hydrogens is 274 g/mol. The Bertz CT molecular complexity index is 608. The quantitative estimate of drug-likeness (QED) is 0.858. The van der Waals surface area contributed by atoms with Crippen LogP contribution in [-0.2, 0) is 16.1 Å². The summed E-state index contributed by atoms with van der Waals surface area (Å²) in [5.74, 6) is -0.776. The van der Waals surface area contributed by atoms with Gasteiger partial charge in [-0.3, -0.25) is 14.5 Å². The van der Waals surface area contributed by atoms with Gasteiger partial charge in [0.05, 0.1) is 18.4 Å². The smallest absolute Gasteiger partial charge is 0.339 e. The van der Waals surface area contributed by atoms with Crippen LogP contribution < -0.4 is 0 Å². The Morgan fingerprint density at radius 3 is 2.38 bits per heavy atom. The lowest BCUT2D eigenvalue weighted by Crippen LogP contribution is -2.31. The lowest BCUT2D eigenvalue weighted by atomic mass is 10.00. The first-order valence-electron chi connectivity index (χ1n) is 7.06. The van der Waals surface area contributed by atoms with E-state index in [4.69, 9.17) is 9.52 Å². The van der Waals surface area contributed by atoms with Crippen molar-refractivity contribution in [1.29, 1.82) is 0 Å². The molecule has 1 aromatic rings. The van der Waals surface area contributed by atoms with E-state index in [1.165, 1.54) is 11.0 Å². The summed E-state index contributed by atoms with van der Waals surface area (Å²) in [5.41, 5.74) is 0.0675. The summed E-state index contributed by atoms with van der Waals surface area (Å²) >= 11 is 0. The van der Waals surface area contributed by atoms with Crippen LogP contribution in [0.2, 0.25) is 0 Å². The van der Waals surface area contributed by atoms with E-state index in [0.29, 0.717) is 11.7 Å². The first-order chi connectivity index (χ1) is 9.88. The second-order valence-electron chi connectivity index (χ2n) is 6.04. The zero-order valence-corrected chi connectivity index (χ0v) is 12.0. The van der Waals surface area contributed by atoms with Gasteiger partial charge in [-0.2, -0.15) is 0 Å². The number of hydrogen-bond acceptors (Lipinski definition) is 4. The number of hydrogen-bond donors (Lipinski definition) is 1. The third kappa shape index (κ3) is 2.14. The van der Waals surface area contributed by atoms with Crippen LogP contribution in [0.5, 0.6) is 0 Å². The molecule has 1 N–H and O–H groups in total. The molecule has 2 heterocycles. The van der Waals surface area contributed by atoms with Crippen LogP contribution >= 0.6 is 0 Å². The van der Waals surface area contributed by atoms with Crippen LogP contribution in [0.15, 0.2) is 10.5 Å². The summed E-state index contributed by atoms with van der Waals surface area (Å²) in [7, 11) is 0. The molecule has 21 heavy (non-hydrogen) atoms. The lowest BCUT2D eigenvalue weighted by molar-refractivity contribution is -0.141. The number of rotatable bonds is 3. The molecule has 1 saturated carbocycles.